The van der Waals surface area contributed by atoms with Crippen LogP contribution in [0.3, 0.4) is 0 Å². The summed E-state index contributed by atoms with van der Waals surface area (Å²) < 4.78 is 5.58. The van der Waals surface area contributed by atoms with E-state index in [9.17, 15) is 0 Å². The number of hydrogen-bond acceptors (Lipinski definition) is 2. The van der Waals surface area contributed by atoms with Gasteiger partial charge in [-0.3, -0.25) is 0 Å². The van der Waals surface area contributed by atoms with Crippen molar-refractivity contribution in [3.63, 3.8) is 0 Å². The van der Waals surface area contributed by atoms with Crippen LogP contribution in [0.2, 0.25) is 0 Å². The van der Waals surface area contributed by atoms with Gasteiger partial charge in [0.05, 0.1) is 12.2 Å². The van der Waals surface area contributed by atoms with Crippen molar-refractivity contribution in [2.24, 2.45) is 5.92 Å². The van der Waals surface area contributed by atoms with Crippen molar-refractivity contribution in [3.8, 4) is 0 Å². The number of rotatable bonds is 0. The van der Waals surface area contributed by atoms with Crippen molar-refractivity contribution in [1.82, 2.24) is 4.90 Å². The van der Waals surface area contributed by atoms with Crippen molar-refractivity contribution in [2.45, 2.75) is 6.92 Å². The van der Waals surface area contributed by atoms with Gasteiger partial charge < -0.3 is 9.64 Å². The monoisotopic (exact) mass is 177 g/mol. The third-order valence-electron chi connectivity index (χ3n) is 2.46. The van der Waals surface area contributed by atoms with Crippen LogP contribution in [0.4, 0.5) is 0 Å². The van der Waals surface area contributed by atoms with Gasteiger partial charge in [0.15, 0.2) is 0 Å². The minimum Gasteiger partial charge on any atom is -0.490 e. The summed E-state index contributed by atoms with van der Waals surface area (Å²) in [4.78, 5) is 2.23. The highest BCUT2D eigenvalue weighted by Gasteiger charge is 2.15. The van der Waals surface area contributed by atoms with E-state index in [4.69, 9.17) is 4.74 Å². The first-order chi connectivity index (χ1) is 6.27. The molecule has 13 heavy (non-hydrogen) atoms. The molecule has 1 unspecified atom stereocenters. The molecule has 70 valence electrons. The Kier molecular flexibility index (Phi) is 2.13. The Balaban J connectivity index is 2.34. The van der Waals surface area contributed by atoms with Crippen molar-refractivity contribution < 1.29 is 4.74 Å². The predicted octanol–water partition coefficient (Wildman–Crippen LogP) is 1.92. The fourth-order valence-corrected chi connectivity index (χ4v) is 1.56. The molecule has 0 saturated carbocycles. The molecule has 0 spiro atoms. The zero-order valence-corrected chi connectivity index (χ0v) is 8.16. The van der Waals surface area contributed by atoms with Crippen molar-refractivity contribution in [2.75, 3.05) is 20.2 Å². The third kappa shape index (κ3) is 1.62. The first kappa shape index (κ1) is 8.42. The zero-order chi connectivity index (χ0) is 9.26. The molecule has 0 aromatic rings. The lowest BCUT2D eigenvalue weighted by molar-refractivity contribution is 0.157. The summed E-state index contributed by atoms with van der Waals surface area (Å²) in [6.45, 7) is 3.94. The number of hydrogen-bond donors (Lipinski definition) is 0. The molecular weight excluding hydrogens is 162 g/mol. The zero-order valence-electron chi connectivity index (χ0n) is 8.16. The Morgan fingerprint density at radius 3 is 3.00 bits per heavy atom. The summed E-state index contributed by atoms with van der Waals surface area (Å²) in [5, 5.41) is 0. The van der Waals surface area contributed by atoms with Gasteiger partial charge in [0.2, 0.25) is 0 Å². The average Bonchev–Trinajstić information content (AvgIpc) is 2.30. The number of nitrogens with zero attached hydrogens (tertiary/aromatic N) is 1. The summed E-state index contributed by atoms with van der Waals surface area (Å²) in [6, 6.07) is 0. The maximum absolute atomic E-state index is 5.58. The van der Waals surface area contributed by atoms with Crippen LogP contribution in [0.5, 0.6) is 0 Å². The summed E-state index contributed by atoms with van der Waals surface area (Å²) in [6.07, 6.45) is 8.59. The van der Waals surface area contributed by atoms with Gasteiger partial charge in [0, 0.05) is 7.05 Å². The van der Waals surface area contributed by atoms with Crippen LogP contribution in [0, 0.1) is 5.92 Å². The molecule has 0 radical (unpaired) electrons. The van der Waals surface area contributed by atoms with Crippen LogP contribution < -0.4 is 0 Å². The molecule has 0 saturated heterocycles. The average molecular weight is 177 g/mol. The molecule has 1 aliphatic heterocycles. The maximum Gasteiger partial charge on any atom is 0.142 e. The second-order valence-corrected chi connectivity index (χ2v) is 3.60. The summed E-state index contributed by atoms with van der Waals surface area (Å²) >= 11 is 0. The molecule has 1 heterocycles. The molecule has 2 nitrogen and oxygen atoms in total. The molecular formula is C11H15NO. The van der Waals surface area contributed by atoms with Crippen LogP contribution in [0.15, 0.2) is 35.8 Å². The molecule has 0 aromatic carbocycles. The third-order valence-corrected chi connectivity index (χ3v) is 2.46. The normalized spacial score (nSPS) is 26.9. The first-order valence-corrected chi connectivity index (χ1v) is 4.72. The molecule has 0 amide bonds. The van der Waals surface area contributed by atoms with Gasteiger partial charge >= 0.3 is 0 Å². The Hall–Kier alpha value is -1.18. The lowest BCUT2D eigenvalue weighted by Crippen LogP contribution is -2.27. The lowest BCUT2D eigenvalue weighted by Gasteiger charge is -2.27. The first-order valence-electron chi connectivity index (χ1n) is 4.72. The maximum atomic E-state index is 5.58. The van der Waals surface area contributed by atoms with E-state index in [1.54, 1.807) is 0 Å². The molecule has 0 bridgehead atoms. The number of likely N-dealkylation sites (N-methyl/N-ethyl adjacent to an activating group) is 1. The Labute approximate surface area is 79.2 Å². The second-order valence-electron chi connectivity index (χ2n) is 3.60. The number of ether oxygens (including phenoxy) is 1. The standard InChI is InChI=1S/C11H15NO/c1-9-3-5-10-11(6-4-9)13-8-7-12(10)2/h3-6,9H,7-8H2,1-2H3. The van der Waals surface area contributed by atoms with E-state index in [0.29, 0.717) is 5.92 Å². The quantitative estimate of drug-likeness (QED) is 0.560. The van der Waals surface area contributed by atoms with E-state index in [1.807, 2.05) is 0 Å². The largest absolute Gasteiger partial charge is 0.490 e. The highest BCUT2D eigenvalue weighted by Crippen LogP contribution is 2.22. The van der Waals surface area contributed by atoms with Crippen molar-refractivity contribution in [3.05, 3.63) is 35.8 Å². The highest BCUT2D eigenvalue weighted by molar-refractivity contribution is 5.33. The SMILES string of the molecule is CC1C=CC2=C(C=C1)N(C)CCO2. The number of allylic oxidation sites excluding steroid dienone is 4. The van der Waals surface area contributed by atoms with Gasteiger partial charge in [0.25, 0.3) is 0 Å². The highest BCUT2D eigenvalue weighted by atomic mass is 16.5. The summed E-state index contributed by atoms with van der Waals surface area (Å²) in [5.41, 5.74) is 1.20. The van der Waals surface area contributed by atoms with Gasteiger partial charge in [-0.1, -0.05) is 19.1 Å². The second kappa shape index (κ2) is 3.29. The van der Waals surface area contributed by atoms with E-state index in [1.165, 1.54) is 5.70 Å². The molecule has 2 aliphatic rings. The molecule has 1 atom stereocenters. The fourth-order valence-electron chi connectivity index (χ4n) is 1.56. The molecule has 2 rings (SSSR count). The van der Waals surface area contributed by atoms with Gasteiger partial charge in [-0.25, -0.2) is 0 Å². The van der Waals surface area contributed by atoms with Gasteiger partial charge in [-0.2, -0.15) is 0 Å². The molecule has 0 N–H and O–H groups in total. The summed E-state index contributed by atoms with van der Waals surface area (Å²) in [7, 11) is 2.10. The van der Waals surface area contributed by atoms with Crippen LogP contribution in [0.1, 0.15) is 6.92 Å². The smallest absolute Gasteiger partial charge is 0.142 e. The molecule has 0 fully saturated rings. The van der Waals surface area contributed by atoms with E-state index in [-0.39, 0.29) is 0 Å². The van der Waals surface area contributed by atoms with Crippen LogP contribution in [-0.2, 0) is 4.74 Å². The lowest BCUT2D eigenvalue weighted by atomic mass is 10.2. The Morgan fingerprint density at radius 2 is 2.15 bits per heavy atom. The van der Waals surface area contributed by atoms with Gasteiger partial charge in [-0.05, 0) is 18.1 Å². The van der Waals surface area contributed by atoms with Crippen molar-refractivity contribution in [1.29, 1.82) is 0 Å². The van der Waals surface area contributed by atoms with Gasteiger partial charge in [0.1, 0.15) is 12.4 Å². The van der Waals surface area contributed by atoms with Gasteiger partial charge in [-0.15, -0.1) is 0 Å². The van der Waals surface area contributed by atoms with Crippen LogP contribution >= 0.6 is 0 Å². The van der Waals surface area contributed by atoms with E-state index in [2.05, 4.69) is 43.2 Å². The van der Waals surface area contributed by atoms with E-state index >= 15 is 0 Å². The fraction of sp³-hybridized carbons (Fsp3) is 0.455. The van der Waals surface area contributed by atoms with Crippen molar-refractivity contribution >= 4 is 0 Å². The molecule has 1 aliphatic carbocycles. The topological polar surface area (TPSA) is 12.5 Å². The van der Waals surface area contributed by atoms with Crippen LogP contribution in [0.25, 0.3) is 0 Å². The predicted molar refractivity (Wildman–Crippen MR) is 53.1 cm³/mol. The minimum atomic E-state index is 0.502. The van der Waals surface area contributed by atoms with E-state index in [0.717, 1.165) is 18.9 Å². The molecule has 0 aromatic heterocycles. The molecule has 2 heteroatoms. The van der Waals surface area contributed by atoms with E-state index < -0.39 is 0 Å². The summed E-state index contributed by atoms with van der Waals surface area (Å²) in [5.74, 6) is 1.51. The minimum absolute atomic E-state index is 0.502. The Bertz CT molecular complexity index is 288. The van der Waals surface area contributed by atoms with Crippen LogP contribution in [-0.4, -0.2) is 25.1 Å². The Morgan fingerprint density at radius 1 is 1.38 bits per heavy atom.